The van der Waals surface area contributed by atoms with E-state index in [4.69, 9.17) is 0 Å². The van der Waals surface area contributed by atoms with Crippen LogP contribution in [0.2, 0.25) is 0 Å². The topological polar surface area (TPSA) is 45.5 Å². The molecule has 1 fully saturated rings. The molecule has 1 heterocycles. The SMILES string of the molecule is C=CCN(CC=C)Cc1c(O)c(=O)cc(C)n1C1CCCCC1. The molecule has 1 aliphatic rings. The first-order valence-corrected chi connectivity index (χ1v) is 8.46. The molecule has 4 nitrogen and oxygen atoms in total. The van der Waals surface area contributed by atoms with Crippen LogP contribution in [0.1, 0.15) is 49.5 Å². The predicted octanol–water partition coefficient (Wildman–Crippen LogP) is 3.54. The molecular formula is C19H28N2O2. The van der Waals surface area contributed by atoms with Gasteiger partial charge in [0.2, 0.25) is 5.43 Å². The van der Waals surface area contributed by atoms with Gasteiger partial charge in [-0.3, -0.25) is 9.69 Å². The fraction of sp³-hybridized carbons (Fsp3) is 0.526. The van der Waals surface area contributed by atoms with Gasteiger partial charge in [0.25, 0.3) is 0 Å². The molecule has 0 radical (unpaired) electrons. The molecule has 1 saturated carbocycles. The van der Waals surface area contributed by atoms with Crippen LogP contribution in [-0.4, -0.2) is 27.7 Å². The number of aromatic nitrogens is 1. The molecule has 0 aromatic carbocycles. The Hall–Kier alpha value is -1.81. The second kappa shape index (κ2) is 8.16. The molecule has 1 aliphatic carbocycles. The van der Waals surface area contributed by atoms with Gasteiger partial charge in [-0.25, -0.2) is 0 Å². The van der Waals surface area contributed by atoms with Crippen molar-refractivity contribution in [1.82, 2.24) is 9.47 Å². The van der Waals surface area contributed by atoms with Crippen LogP contribution in [-0.2, 0) is 6.54 Å². The number of aryl methyl sites for hydroxylation is 1. The molecule has 1 aromatic rings. The Morgan fingerprint density at radius 3 is 2.43 bits per heavy atom. The minimum absolute atomic E-state index is 0.112. The zero-order chi connectivity index (χ0) is 16.8. The third kappa shape index (κ3) is 4.14. The van der Waals surface area contributed by atoms with E-state index in [0.717, 1.165) is 24.2 Å². The fourth-order valence-corrected chi connectivity index (χ4v) is 3.58. The van der Waals surface area contributed by atoms with E-state index in [0.29, 0.717) is 25.7 Å². The summed E-state index contributed by atoms with van der Waals surface area (Å²) < 4.78 is 2.19. The first kappa shape index (κ1) is 17.5. The van der Waals surface area contributed by atoms with Gasteiger partial charge in [0.1, 0.15) is 0 Å². The highest BCUT2D eigenvalue weighted by Gasteiger charge is 2.23. The van der Waals surface area contributed by atoms with E-state index >= 15 is 0 Å². The van der Waals surface area contributed by atoms with Gasteiger partial charge in [0.15, 0.2) is 5.75 Å². The molecule has 0 spiro atoms. The molecule has 2 rings (SSSR count). The van der Waals surface area contributed by atoms with E-state index in [1.165, 1.54) is 19.3 Å². The monoisotopic (exact) mass is 316 g/mol. The summed E-state index contributed by atoms with van der Waals surface area (Å²) in [6, 6.07) is 1.93. The summed E-state index contributed by atoms with van der Waals surface area (Å²) in [6.07, 6.45) is 9.58. The van der Waals surface area contributed by atoms with Crippen molar-refractivity contribution < 1.29 is 5.11 Å². The highest BCUT2D eigenvalue weighted by molar-refractivity contribution is 5.30. The molecule has 0 amide bonds. The van der Waals surface area contributed by atoms with Crippen molar-refractivity contribution in [3.05, 3.63) is 53.0 Å². The summed E-state index contributed by atoms with van der Waals surface area (Å²) in [5.74, 6) is -0.112. The Balaban J connectivity index is 2.43. The minimum Gasteiger partial charge on any atom is -0.503 e. The van der Waals surface area contributed by atoms with Crippen LogP contribution in [0.25, 0.3) is 0 Å². The summed E-state index contributed by atoms with van der Waals surface area (Å²) in [5, 5.41) is 10.4. The summed E-state index contributed by atoms with van der Waals surface area (Å²) in [7, 11) is 0. The maximum Gasteiger partial charge on any atom is 0.223 e. The second-order valence-corrected chi connectivity index (χ2v) is 6.38. The van der Waals surface area contributed by atoms with Crippen LogP contribution in [0, 0.1) is 6.92 Å². The molecule has 1 N–H and O–H groups in total. The summed E-state index contributed by atoms with van der Waals surface area (Å²) >= 11 is 0. The van der Waals surface area contributed by atoms with Crippen molar-refractivity contribution in [2.45, 2.75) is 51.6 Å². The Morgan fingerprint density at radius 2 is 1.87 bits per heavy atom. The molecular weight excluding hydrogens is 288 g/mol. The van der Waals surface area contributed by atoms with Crippen LogP contribution in [0.4, 0.5) is 0 Å². The van der Waals surface area contributed by atoms with E-state index in [-0.39, 0.29) is 11.2 Å². The number of hydrogen-bond acceptors (Lipinski definition) is 3. The van der Waals surface area contributed by atoms with Gasteiger partial charge in [0, 0.05) is 37.4 Å². The standard InChI is InChI=1S/C19H28N2O2/c1-4-11-20(12-5-2)14-17-19(23)18(22)13-15(3)21(17)16-9-7-6-8-10-16/h4-5,13,16,23H,1-2,6-12,14H2,3H3. The molecule has 0 saturated heterocycles. The van der Waals surface area contributed by atoms with Crippen LogP contribution in [0.5, 0.6) is 5.75 Å². The van der Waals surface area contributed by atoms with Gasteiger partial charge in [-0.2, -0.15) is 0 Å². The average Bonchev–Trinajstić information content (AvgIpc) is 2.53. The van der Waals surface area contributed by atoms with Gasteiger partial charge in [-0.1, -0.05) is 31.4 Å². The molecule has 0 aliphatic heterocycles. The Kier molecular flexibility index (Phi) is 6.22. The first-order valence-electron chi connectivity index (χ1n) is 8.46. The van der Waals surface area contributed by atoms with Crippen LogP contribution in [0.15, 0.2) is 36.2 Å². The van der Waals surface area contributed by atoms with E-state index in [2.05, 4.69) is 22.6 Å². The highest BCUT2D eigenvalue weighted by Crippen LogP contribution is 2.32. The Morgan fingerprint density at radius 1 is 1.26 bits per heavy atom. The summed E-state index contributed by atoms with van der Waals surface area (Å²) in [6.45, 7) is 11.4. The lowest BCUT2D eigenvalue weighted by Crippen LogP contribution is -2.29. The van der Waals surface area contributed by atoms with Gasteiger partial charge in [-0.15, -0.1) is 13.2 Å². The van der Waals surface area contributed by atoms with Crippen molar-refractivity contribution in [3.8, 4) is 5.75 Å². The van der Waals surface area contributed by atoms with E-state index in [1.54, 1.807) is 6.07 Å². The van der Waals surface area contributed by atoms with Crippen molar-refractivity contribution >= 4 is 0 Å². The predicted molar refractivity (Wildman–Crippen MR) is 94.9 cm³/mol. The molecule has 23 heavy (non-hydrogen) atoms. The van der Waals surface area contributed by atoms with E-state index < -0.39 is 0 Å². The largest absolute Gasteiger partial charge is 0.503 e. The van der Waals surface area contributed by atoms with Crippen molar-refractivity contribution in [1.29, 1.82) is 0 Å². The van der Waals surface area contributed by atoms with E-state index in [1.807, 2.05) is 19.1 Å². The molecule has 0 unspecified atom stereocenters. The lowest BCUT2D eigenvalue weighted by Gasteiger charge is -2.31. The highest BCUT2D eigenvalue weighted by atomic mass is 16.3. The minimum atomic E-state index is -0.290. The maximum absolute atomic E-state index is 12.1. The van der Waals surface area contributed by atoms with Gasteiger partial charge >= 0.3 is 0 Å². The van der Waals surface area contributed by atoms with Crippen LogP contribution >= 0.6 is 0 Å². The lowest BCUT2D eigenvalue weighted by molar-refractivity contribution is 0.281. The molecule has 4 heteroatoms. The third-order valence-electron chi connectivity index (χ3n) is 4.61. The van der Waals surface area contributed by atoms with Gasteiger partial charge in [-0.05, 0) is 19.8 Å². The molecule has 0 atom stereocenters. The number of rotatable bonds is 7. The third-order valence-corrected chi connectivity index (χ3v) is 4.61. The van der Waals surface area contributed by atoms with Crippen molar-refractivity contribution in [2.24, 2.45) is 0 Å². The summed E-state index contributed by atoms with van der Waals surface area (Å²) in [4.78, 5) is 14.2. The maximum atomic E-state index is 12.1. The van der Waals surface area contributed by atoms with Gasteiger partial charge in [0.05, 0.1) is 5.69 Å². The molecule has 0 bridgehead atoms. The second-order valence-electron chi connectivity index (χ2n) is 6.38. The quantitative estimate of drug-likeness (QED) is 0.783. The lowest BCUT2D eigenvalue weighted by atomic mass is 9.94. The first-order chi connectivity index (χ1) is 11.1. The number of aromatic hydroxyl groups is 1. The fourth-order valence-electron chi connectivity index (χ4n) is 3.58. The molecule has 1 aromatic heterocycles. The van der Waals surface area contributed by atoms with Crippen molar-refractivity contribution in [2.75, 3.05) is 13.1 Å². The average molecular weight is 316 g/mol. The smallest absolute Gasteiger partial charge is 0.223 e. The Labute approximate surface area is 138 Å². The zero-order valence-corrected chi connectivity index (χ0v) is 14.1. The van der Waals surface area contributed by atoms with Crippen molar-refractivity contribution in [3.63, 3.8) is 0 Å². The molecule has 126 valence electrons. The van der Waals surface area contributed by atoms with Gasteiger partial charge < -0.3 is 9.67 Å². The zero-order valence-electron chi connectivity index (χ0n) is 14.1. The number of hydrogen-bond donors (Lipinski definition) is 1. The summed E-state index contributed by atoms with van der Waals surface area (Å²) in [5.41, 5.74) is 1.37. The Bertz CT molecular complexity index is 603. The number of pyridine rings is 1. The number of nitrogens with zero attached hydrogens (tertiary/aromatic N) is 2. The van der Waals surface area contributed by atoms with Crippen LogP contribution < -0.4 is 5.43 Å². The normalized spacial score (nSPS) is 15.7. The van der Waals surface area contributed by atoms with Crippen LogP contribution in [0.3, 0.4) is 0 Å². The van der Waals surface area contributed by atoms with E-state index in [9.17, 15) is 9.90 Å².